The molecule has 1 N–H and O–H groups in total. The number of benzene rings is 2. The Kier molecular flexibility index (Phi) is 7.39. The molecule has 0 aliphatic carbocycles. The molecule has 0 atom stereocenters. The van der Waals surface area contributed by atoms with Crippen LogP contribution in [-0.2, 0) is 4.79 Å². The van der Waals surface area contributed by atoms with E-state index >= 15 is 0 Å². The number of ether oxygens (including phenoxy) is 2. The van der Waals surface area contributed by atoms with Gasteiger partial charge in [-0.05, 0) is 57.0 Å². The molecule has 0 aliphatic rings. The van der Waals surface area contributed by atoms with E-state index in [0.29, 0.717) is 35.5 Å². The van der Waals surface area contributed by atoms with Crippen molar-refractivity contribution in [2.45, 2.75) is 39.2 Å². The molecule has 8 nitrogen and oxygen atoms in total. The van der Waals surface area contributed by atoms with Crippen molar-refractivity contribution in [1.82, 2.24) is 10.1 Å². The predicted octanol–water partition coefficient (Wildman–Crippen LogP) is 4.84. The fraction of sp³-hybridized carbons (Fsp3) is 0.304. The molecule has 0 radical (unpaired) electrons. The molecular formula is C23H22FN3O5. The monoisotopic (exact) mass is 439 g/mol. The molecule has 166 valence electrons. The number of hydrogen-bond donors (Lipinski definition) is 1. The fourth-order valence-electron chi connectivity index (χ4n) is 2.89. The van der Waals surface area contributed by atoms with Gasteiger partial charge < -0.3 is 19.1 Å². The Bertz CT molecular complexity index is 1140. The van der Waals surface area contributed by atoms with E-state index in [1.807, 2.05) is 13.8 Å². The number of carbonyl (C=O) groups is 1. The standard InChI is InChI=1S/C23H22FN3O5/c1-14(2)31-20-9-6-15(11-16(20)13-25)23-26-22(27-32-23)18-8-7-17(12-19(18)24)30-10-4-3-5-21(28)29/h6-9,11-12,14H,3-5,10H2,1-2H3,(H,28,29). The maximum Gasteiger partial charge on any atom is 0.303 e. The zero-order valence-electron chi connectivity index (χ0n) is 17.7. The van der Waals surface area contributed by atoms with Crippen molar-refractivity contribution in [1.29, 1.82) is 5.26 Å². The first kappa shape index (κ1) is 22.7. The van der Waals surface area contributed by atoms with Crippen LogP contribution in [0.5, 0.6) is 11.5 Å². The third-order valence-corrected chi connectivity index (χ3v) is 4.37. The Morgan fingerprint density at radius 1 is 1.25 bits per heavy atom. The van der Waals surface area contributed by atoms with Crippen molar-refractivity contribution >= 4 is 5.97 Å². The number of aromatic nitrogens is 2. The second kappa shape index (κ2) is 10.4. The minimum atomic E-state index is -0.858. The molecular weight excluding hydrogens is 417 g/mol. The molecule has 9 heteroatoms. The Labute approximate surface area is 184 Å². The van der Waals surface area contributed by atoms with E-state index in [9.17, 15) is 14.4 Å². The lowest BCUT2D eigenvalue weighted by molar-refractivity contribution is -0.137. The smallest absolute Gasteiger partial charge is 0.303 e. The SMILES string of the molecule is CC(C)Oc1ccc(-c2nc(-c3ccc(OCCCCC(=O)O)cc3F)no2)cc1C#N. The van der Waals surface area contributed by atoms with Gasteiger partial charge in [-0.15, -0.1) is 0 Å². The van der Waals surface area contributed by atoms with Crippen LogP contribution in [-0.4, -0.2) is 33.9 Å². The first-order valence-corrected chi connectivity index (χ1v) is 10.1. The Morgan fingerprint density at radius 3 is 2.75 bits per heavy atom. The molecule has 3 aromatic rings. The normalized spacial score (nSPS) is 10.7. The van der Waals surface area contributed by atoms with Crippen molar-refractivity contribution in [2.75, 3.05) is 6.61 Å². The molecule has 2 aromatic carbocycles. The molecule has 0 bridgehead atoms. The van der Waals surface area contributed by atoms with Crippen LogP contribution in [0.2, 0.25) is 0 Å². The van der Waals surface area contributed by atoms with E-state index in [2.05, 4.69) is 16.2 Å². The molecule has 0 spiro atoms. The summed E-state index contributed by atoms with van der Waals surface area (Å²) >= 11 is 0. The van der Waals surface area contributed by atoms with Gasteiger partial charge in [-0.2, -0.15) is 10.2 Å². The van der Waals surface area contributed by atoms with Gasteiger partial charge in [-0.1, -0.05) is 5.16 Å². The summed E-state index contributed by atoms with van der Waals surface area (Å²) in [7, 11) is 0. The quantitative estimate of drug-likeness (QED) is 0.446. The van der Waals surface area contributed by atoms with Gasteiger partial charge in [0.25, 0.3) is 5.89 Å². The highest BCUT2D eigenvalue weighted by Crippen LogP contribution is 2.29. The van der Waals surface area contributed by atoms with Gasteiger partial charge in [0, 0.05) is 18.1 Å². The lowest BCUT2D eigenvalue weighted by atomic mass is 10.1. The second-order valence-electron chi connectivity index (χ2n) is 7.25. The van der Waals surface area contributed by atoms with Crippen LogP contribution in [0.1, 0.15) is 38.7 Å². The number of carboxylic acid groups (broad SMARTS) is 1. The van der Waals surface area contributed by atoms with E-state index in [4.69, 9.17) is 19.1 Å². The summed E-state index contributed by atoms with van der Waals surface area (Å²) < 4.78 is 30.9. The van der Waals surface area contributed by atoms with Crippen molar-refractivity contribution in [2.24, 2.45) is 0 Å². The number of hydrogen-bond acceptors (Lipinski definition) is 7. The number of halogens is 1. The number of rotatable bonds is 10. The van der Waals surface area contributed by atoms with Crippen LogP contribution >= 0.6 is 0 Å². The van der Waals surface area contributed by atoms with Gasteiger partial charge in [0.05, 0.1) is 23.8 Å². The molecule has 32 heavy (non-hydrogen) atoms. The van der Waals surface area contributed by atoms with E-state index in [0.717, 1.165) is 0 Å². The summed E-state index contributed by atoms with van der Waals surface area (Å²) in [5.74, 6) is -0.458. The lowest BCUT2D eigenvalue weighted by Crippen LogP contribution is -2.06. The highest BCUT2D eigenvalue weighted by molar-refractivity contribution is 5.66. The zero-order valence-corrected chi connectivity index (χ0v) is 17.7. The largest absolute Gasteiger partial charge is 0.493 e. The summed E-state index contributed by atoms with van der Waals surface area (Å²) in [4.78, 5) is 14.7. The first-order chi connectivity index (χ1) is 15.4. The van der Waals surface area contributed by atoms with Crippen molar-refractivity contribution in [3.05, 3.63) is 47.8 Å². The van der Waals surface area contributed by atoms with Crippen LogP contribution in [0, 0.1) is 17.1 Å². The number of nitriles is 1. The van der Waals surface area contributed by atoms with Gasteiger partial charge in [0.2, 0.25) is 5.82 Å². The van der Waals surface area contributed by atoms with Crippen LogP contribution in [0.4, 0.5) is 4.39 Å². The van der Waals surface area contributed by atoms with E-state index in [1.54, 1.807) is 24.3 Å². The number of aliphatic carboxylic acids is 1. The molecule has 1 heterocycles. The lowest BCUT2D eigenvalue weighted by Gasteiger charge is -2.11. The van der Waals surface area contributed by atoms with Crippen LogP contribution in [0.25, 0.3) is 22.8 Å². The summed E-state index contributed by atoms with van der Waals surface area (Å²) in [6, 6.07) is 11.3. The molecule has 0 saturated heterocycles. The van der Waals surface area contributed by atoms with E-state index < -0.39 is 11.8 Å². The van der Waals surface area contributed by atoms with Crippen LogP contribution < -0.4 is 9.47 Å². The molecule has 0 unspecified atom stereocenters. The third-order valence-electron chi connectivity index (χ3n) is 4.37. The van der Waals surface area contributed by atoms with Crippen LogP contribution in [0.3, 0.4) is 0 Å². The first-order valence-electron chi connectivity index (χ1n) is 10.1. The molecule has 0 fully saturated rings. The highest BCUT2D eigenvalue weighted by atomic mass is 19.1. The summed E-state index contributed by atoms with van der Waals surface area (Å²) in [5.41, 5.74) is 0.976. The Morgan fingerprint density at radius 2 is 2.06 bits per heavy atom. The summed E-state index contributed by atoms with van der Waals surface area (Å²) in [6.45, 7) is 4.02. The minimum absolute atomic E-state index is 0.0616. The average molecular weight is 439 g/mol. The minimum Gasteiger partial charge on any atom is -0.493 e. The van der Waals surface area contributed by atoms with Gasteiger partial charge in [-0.3, -0.25) is 4.79 Å². The molecule has 0 amide bonds. The Balaban J connectivity index is 1.71. The van der Waals surface area contributed by atoms with Gasteiger partial charge in [-0.25, -0.2) is 4.39 Å². The van der Waals surface area contributed by atoms with Gasteiger partial charge >= 0.3 is 5.97 Å². The maximum absolute atomic E-state index is 14.6. The van der Waals surface area contributed by atoms with Gasteiger partial charge in [0.15, 0.2) is 0 Å². The fourth-order valence-corrected chi connectivity index (χ4v) is 2.89. The Hall–Kier alpha value is -3.93. The topological polar surface area (TPSA) is 118 Å². The maximum atomic E-state index is 14.6. The van der Waals surface area contributed by atoms with Crippen molar-refractivity contribution < 1.29 is 28.3 Å². The number of nitrogens with zero attached hydrogens (tertiary/aromatic N) is 3. The predicted molar refractivity (Wildman–Crippen MR) is 113 cm³/mol. The molecule has 0 saturated carbocycles. The van der Waals surface area contributed by atoms with Crippen molar-refractivity contribution in [3.8, 4) is 40.4 Å². The highest BCUT2D eigenvalue weighted by Gasteiger charge is 2.17. The molecule has 1 aromatic heterocycles. The van der Waals surface area contributed by atoms with Crippen molar-refractivity contribution in [3.63, 3.8) is 0 Å². The summed E-state index contributed by atoms with van der Waals surface area (Å²) in [5, 5.41) is 21.8. The van der Waals surface area contributed by atoms with E-state index in [-0.39, 0.29) is 36.4 Å². The number of carboxylic acids is 1. The third kappa shape index (κ3) is 5.82. The second-order valence-corrected chi connectivity index (χ2v) is 7.25. The van der Waals surface area contributed by atoms with Gasteiger partial charge in [0.1, 0.15) is 23.4 Å². The number of unbranched alkanes of at least 4 members (excludes halogenated alkanes) is 1. The van der Waals surface area contributed by atoms with E-state index in [1.165, 1.54) is 12.1 Å². The molecule has 0 aliphatic heterocycles. The van der Waals surface area contributed by atoms with Crippen LogP contribution in [0.15, 0.2) is 40.9 Å². The summed E-state index contributed by atoms with van der Waals surface area (Å²) in [6.07, 6.45) is 1.03. The average Bonchev–Trinajstić information content (AvgIpc) is 3.23. The molecule has 3 rings (SSSR count). The zero-order chi connectivity index (χ0) is 23.1.